The van der Waals surface area contributed by atoms with Gasteiger partial charge in [-0.1, -0.05) is 6.07 Å². The molecule has 1 fully saturated rings. The zero-order valence-electron chi connectivity index (χ0n) is 10.6. The number of ether oxygens (including phenoxy) is 1. The third kappa shape index (κ3) is 1.73. The Hall–Kier alpha value is -1.68. The van der Waals surface area contributed by atoms with E-state index in [2.05, 4.69) is 22.1 Å². The molecule has 0 amide bonds. The Kier molecular flexibility index (Phi) is 2.48. The highest BCUT2D eigenvalue weighted by Gasteiger charge is 2.41. The number of benzene rings is 1. The molecule has 2 aromatic rings. The zero-order chi connectivity index (χ0) is 12.8. The van der Waals surface area contributed by atoms with Gasteiger partial charge >= 0.3 is 0 Å². The number of carbonyl (C=O) groups is 1. The number of aromatic amines is 1. The third-order valence-electron chi connectivity index (χ3n) is 3.56. The molecule has 0 bridgehead atoms. The number of H-pyrrole nitrogens is 1. The number of carbonyl (C=O) groups excluding carboxylic acids is 1. The molecule has 0 aliphatic carbocycles. The van der Waals surface area contributed by atoms with Gasteiger partial charge in [0.25, 0.3) is 0 Å². The molecular formula is C14H16N2O2. The van der Waals surface area contributed by atoms with Crippen LogP contribution in [0.1, 0.15) is 24.7 Å². The van der Waals surface area contributed by atoms with E-state index in [1.807, 2.05) is 13.0 Å². The Morgan fingerprint density at radius 3 is 2.89 bits per heavy atom. The van der Waals surface area contributed by atoms with Crippen molar-refractivity contribution >= 4 is 16.8 Å². The lowest BCUT2D eigenvalue weighted by Crippen LogP contribution is -2.47. The number of aryl methyl sites for hydroxylation is 1. The highest BCUT2D eigenvalue weighted by atomic mass is 16.5. The van der Waals surface area contributed by atoms with Crippen LogP contribution in [0.15, 0.2) is 18.2 Å². The van der Waals surface area contributed by atoms with Crippen molar-refractivity contribution in [3.63, 3.8) is 0 Å². The first-order valence-corrected chi connectivity index (χ1v) is 6.13. The van der Waals surface area contributed by atoms with Gasteiger partial charge < -0.3 is 9.72 Å². The molecule has 4 heteroatoms. The van der Waals surface area contributed by atoms with E-state index in [4.69, 9.17) is 4.74 Å². The van der Waals surface area contributed by atoms with Gasteiger partial charge in [-0.05, 0) is 31.5 Å². The number of ketones is 1. The molecule has 1 aromatic heterocycles. The number of nitrogens with zero attached hydrogens (tertiary/aromatic N) is 1. The molecule has 0 spiro atoms. The minimum Gasteiger partial charge on any atom is -0.379 e. The summed E-state index contributed by atoms with van der Waals surface area (Å²) in [4.78, 5) is 19.0. The lowest BCUT2D eigenvalue weighted by Gasteiger charge is -2.41. The molecule has 1 aromatic carbocycles. The maximum atomic E-state index is 11.4. The molecule has 1 N–H and O–H groups in total. The quantitative estimate of drug-likeness (QED) is 0.899. The molecule has 0 unspecified atom stereocenters. The minimum absolute atomic E-state index is 0.126. The summed E-state index contributed by atoms with van der Waals surface area (Å²) >= 11 is 0. The first-order chi connectivity index (χ1) is 8.59. The van der Waals surface area contributed by atoms with Crippen LogP contribution in [0.3, 0.4) is 0 Å². The highest BCUT2D eigenvalue weighted by molar-refractivity contribution is 5.79. The molecule has 1 aliphatic rings. The lowest BCUT2D eigenvalue weighted by atomic mass is 9.75. The summed E-state index contributed by atoms with van der Waals surface area (Å²) in [6.45, 7) is 4.84. The second-order valence-electron chi connectivity index (χ2n) is 5.21. The summed E-state index contributed by atoms with van der Waals surface area (Å²) in [6.07, 6.45) is 0.547. The largest absolute Gasteiger partial charge is 0.379 e. The zero-order valence-corrected chi connectivity index (χ0v) is 10.6. The van der Waals surface area contributed by atoms with Crippen molar-refractivity contribution < 1.29 is 9.53 Å². The van der Waals surface area contributed by atoms with E-state index >= 15 is 0 Å². The van der Waals surface area contributed by atoms with E-state index in [-0.39, 0.29) is 11.2 Å². The Bertz CT molecular complexity index is 611. The number of hydrogen-bond acceptors (Lipinski definition) is 3. The minimum atomic E-state index is -0.126. The summed E-state index contributed by atoms with van der Waals surface area (Å²) in [5.41, 5.74) is 3.04. The smallest absolute Gasteiger partial charge is 0.130 e. The van der Waals surface area contributed by atoms with Gasteiger partial charge in [-0.2, -0.15) is 0 Å². The molecule has 0 radical (unpaired) electrons. The number of rotatable bonds is 3. The summed E-state index contributed by atoms with van der Waals surface area (Å²) < 4.78 is 5.33. The van der Waals surface area contributed by atoms with E-state index in [1.54, 1.807) is 6.92 Å². The van der Waals surface area contributed by atoms with E-state index in [1.165, 1.54) is 5.56 Å². The van der Waals surface area contributed by atoms with Gasteiger partial charge in [-0.15, -0.1) is 0 Å². The van der Waals surface area contributed by atoms with Crippen molar-refractivity contribution in [2.24, 2.45) is 0 Å². The first-order valence-electron chi connectivity index (χ1n) is 6.13. The maximum absolute atomic E-state index is 11.4. The Labute approximate surface area is 105 Å². The Balaban J connectivity index is 2.04. The highest BCUT2D eigenvalue weighted by Crippen LogP contribution is 2.37. The SMILES string of the molecule is CC(=O)CC1(c2ccc3nc(C)[nH]c3c2)COC1. The average Bonchev–Trinajstić information content (AvgIpc) is 2.62. The molecule has 0 atom stereocenters. The van der Waals surface area contributed by atoms with Crippen molar-refractivity contribution in [1.29, 1.82) is 0 Å². The monoisotopic (exact) mass is 244 g/mol. The van der Waals surface area contributed by atoms with Crippen LogP contribution in [0.2, 0.25) is 0 Å². The summed E-state index contributed by atoms with van der Waals surface area (Å²) in [7, 11) is 0. The Morgan fingerprint density at radius 1 is 1.50 bits per heavy atom. The van der Waals surface area contributed by atoms with Crippen LogP contribution < -0.4 is 0 Å². The topological polar surface area (TPSA) is 55.0 Å². The molecule has 4 nitrogen and oxygen atoms in total. The van der Waals surface area contributed by atoms with Crippen LogP contribution in [0, 0.1) is 6.92 Å². The van der Waals surface area contributed by atoms with Gasteiger partial charge in [0.1, 0.15) is 11.6 Å². The van der Waals surface area contributed by atoms with Crippen LogP contribution in [-0.4, -0.2) is 29.0 Å². The molecule has 94 valence electrons. The van der Waals surface area contributed by atoms with Gasteiger partial charge in [-0.3, -0.25) is 4.79 Å². The predicted octanol–water partition coefficient (Wildman–Crippen LogP) is 2.12. The van der Waals surface area contributed by atoms with Crippen molar-refractivity contribution in [3.05, 3.63) is 29.6 Å². The molecule has 0 saturated carbocycles. The van der Waals surface area contributed by atoms with Gasteiger partial charge in [0.15, 0.2) is 0 Å². The third-order valence-corrected chi connectivity index (χ3v) is 3.56. The lowest BCUT2D eigenvalue weighted by molar-refractivity contribution is -0.125. The average molecular weight is 244 g/mol. The molecule has 2 heterocycles. The predicted molar refractivity (Wildman–Crippen MR) is 68.6 cm³/mol. The molecule has 1 saturated heterocycles. The fourth-order valence-corrected chi connectivity index (χ4v) is 2.66. The van der Waals surface area contributed by atoms with Crippen LogP contribution in [0.5, 0.6) is 0 Å². The molecule has 3 rings (SSSR count). The van der Waals surface area contributed by atoms with E-state index in [9.17, 15) is 4.79 Å². The number of Topliss-reactive ketones (excluding diaryl/α,β-unsaturated/α-hetero) is 1. The van der Waals surface area contributed by atoms with Crippen LogP contribution in [0.4, 0.5) is 0 Å². The van der Waals surface area contributed by atoms with Crippen LogP contribution in [-0.2, 0) is 14.9 Å². The van der Waals surface area contributed by atoms with Crippen LogP contribution >= 0.6 is 0 Å². The van der Waals surface area contributed by atoms with Gasteiger partial charge in [-0.25, -0.2) is 4.98 Å². The second kappa shape index (κ2) is 3.92. The molecule has 1 aliphatic heterocycles. The number of imidazole rings is 1. The standard InChI is InChI=1S/C14H16N2O2/c1-9(17)6-14(7-18-8-14)11-3-4-12-13(5-11)16-10(2)15-12/h3-5H,6-8H2,1-2H3,(H,15,16). The summed E-state index contributed by atoms with van der Waals surface area (Å²) in [6, 6.07) is 6.17. The van der Waals surface area contributed by atoms with E-state index in [0.717, 1.165) is 16.9 Å². The fraction of sp³-hybridized carbons (Fsp3) is 0.429. The fourth-order valence-electron chi connectivity index (χ4n) is 2.66. The van der Waals surface area contributed by atoms with E-state index in [0.29, 0.717) is 19.6 Å². The van der Waals surface area contributed by atoms with Gasteiger partial charge in [0, 0.05) is 11.8 Å². The van der Waals surface area contributed by atoms with Crippen molar-refractivity contribution in [3.8, 4) is 0 Å². The number of nitrogens with one attached hydrogen (secondary N) is 1. The first kappa shape index (κ1) is 11.4. The van der Waals surface area contributed by atoms with Gasteiger partial charge in [0.05, 0.1) is 24.2 Å². The van der Waals surface area contributed by atoms with Crippen molar-refractivity contribution in [1.82, 2.24) is 9.97 Å². The van der Waals surface area contributed by atoms with Gasteiger partial charge in [0.2, 0.25) is 0 Å². The number of aromatic nitrogens is 2. The normalized spacial score (nSPS) is 17.7. The molecular weight excluding hydrogens is 228 g/mol. The summed E-state index contributed by atoms with van der Waals surface area (Å²) in [5, 5.41) is 0. The number of hydrogen-bond donors (Lipinski definition) is 1. The maximum Gasteiger partial charge on any atom is 0.130 e. The summed E-state index contributed by atoms with van der Waals surface area (Å²) in [5.74, 6) is 1.12. The van der Waals surface area contributed by atoms with Crippen molar-refractivity contribution in [2.75, 3.05) is 13.2 Å². The number of fused-ring (bicyclic) bond motifs is 1. The van der Waals surface area contributed by atoms with Crippen molar-refractivity contribution in [2.45, 2.75) is 25.7 Å². The second-order valence-corrected chi connectivity index (χ2v) is 5.21. The Morgan fingerprint density at radius 2 is 2.28 bits per heavy atom. The van der Waals surface area contributed by atoms with Crippen LogP contribution in [0.25, 0.3) is 11.0 Å². The van der Waals surface area contributed by atoms with E-state index < -0.39 is 0 Å². The molecule has 18 heavy (non-hydrogen) atoms.